The zero-order valence-corrected chi connectivity index (χ0v) is 6.74. The van der Waals surface area contributed by atoms with E-state index in [-0.39, 0.29) is 11.5 Å². The van der Waals surface area contributed by atoms with Gasteiger partial charge in [0.1, 0.15) is 0 Å². The Hall–Kier alpha value is -2.06. The first-order valence-corrected chi connectivity index (χ1v) is 3.77. The Morgan fingerprint density at radius 1 is 1.38 bits per heavy atom. The zero-order valence-electron chi connectivity index (χ0n) is 6.74. The lowest BCUT2D eigenvalue weighted by Gasteiger charge is -2.14. The number of para-hydroxylation sites is 2. The smallest absolute Gasteiger partial charge is 0.167 e. The van der Waals surface area contributed by atoms with Crippen molar-refractivity contribution in [2.75, 3.05) is 5.32 Å². The third kappa shape index (κ3) is 1.19. The second-order valence-corrected chi connectivity index (χ2v) is 2.62. The van der Waals surface area contributed by atoms with Gasteiger partial charge in [0.15, 0.2) is 17.5 Å². The highest BCUT2D eigenvalue weighted by atomic mass is 16.1. The molecule has 1 aromatic rings. The quantitative estimate of drug-likeness (QED) is 0.570. The summed E-state index contributed by atoms with van der Waals surface area (Å²) in [5, 5.41) is 2.83. The zero-order chi connectivity index (χ0) is 9.26. The van der Waals surface area contributed by atoms with E-state index in [0.29, 0.717) is 0 Å². The fourth-order valence-corrected chi connectivity index (χ4v) is 1.14. The average molecular weight is 173 g/mol. The molecule has 1 aliphatic heterocycles. The predicted octanol–water partition coefficient (Wildman–Crippen LogP) is 0.816. The Bertz CT molecular complexity index is 430. The van der Waals surface area contributed by atoms with Gasteiger partial charge in [-0.05, 0) is 12.1 Å². The summed E-state index contributed by atoms with van der Waals surface area (Å²) in [5.74, 6) is 1.87. The topological polar surface area (TPSA) is 67.5 Å². The van der Waals surface area contributed by atoms with E-state index in [1.165, 1.54) is 0 Å². The number of hydrogen-bond acceptors (Lipinski definition) is 4. The monoisotopic (exact) mass is 173 g/mol. The van der Waals surface area contributed by atoms with E-state index >= 15 is 0 Å². The average Bonchev–Trinajstić information content (AvgIpc) is 2.17. The van der Waals surface area contributed by atoms with Crippen LogP contribution >= 0.6 is 0 Å². The van der Waals surface area contributed by atoms with Crippen LogP contribution in [0, 0.1) is 0 Å². The van der Waals surface area contributed by atoms with Crippen molar-refractivity contribution in [1.82, 2.24) is 0 Å². The first-order valence-electron chi connectivity index (χ1n) is 3.77. The number of nitrogens with two attached hydrogens (primary N) is 1. The Labute approximate surface area is 74.8 Å². The third-order valence-corrected chi connectivity index (χ3v) is 1.76. The van der Waals surface area contributed by atoms with Crippen LogP contribution in [0.2, 0.25) is 0 Å². The van der Waals surface area contributed by atoms with Crippen molar-refractivity contribution in [1.29, 1.82) is 0 Å². The lowest BCUT2D eigenvalue weighted by molar-refractivity contribution is 0.568. The number of hydrogen-bond donors (Lipinski definition) is 2. The number of fused-ring (bicyclic) bond motifs is 1. The number of carbonyl (C=O) groups excluding carboxylic acids is 1. The van der Waals surface area contributed by atoms with Gasteiger partial charge in [0.2, 0.25) is 0 Å². The van der Waals surface area contributed by atoms with Crippen LogP contribution in [-0.2, 0) is 4.79 Å². The molecule has 0 saturated carbocycles. The van der Waals surface area contributed by atoms with E-state index in [4.69, 9.17) is 5.73 Å². The molecule has 13 heavy (non-hydrogen) atoms. The molecule has 0 fully saturated rings. The molecule has 4 heteroatoms. The van der Waals surface area contributed by atoms with Crippen molar-refractivity contribution in [3.8, 4) is 0 Å². The number of rotatable bonds is 0. The van der Waals surface area contributed by atoms with Gasteiger partial charge in [-0.3, -0.25) is 0 Å². The fourth-order valence-electron chi connectivity index (χ4n) is 1.14. The van der Waals surface area contributed by atoms with Crippen molar-refractivity contribution in [3.63, 3.8) is 0 Å². The van der Waals surface area contributed by atoms with Crippen LogP contribution in [0.1, 0.15) is 0 Å². The predicted molar refractivity (Wildman–Crippen MR) is 50.6 cm³/mol. The summed E-state index contributed by atoms with van der Waals surface area (Å²) in [6.45, 7) is 0. The van der Waals surface area contributed by atoms with E-state index in [1.54, 1.807) is 5.94 Å². The fraction of sp³-hybridized carbons (Fsp3) is 0. The third-order valence-electron chi connectivity index (χ3n) is 1.76. The molecule has 0 saturated heterocycles. The molecule has 1 aromatic carbocycles. The van der Waals surface area contributed by atoms with Gasteiger partial charge in [0, 0.05) is 0 Å². The molecule has 0 aliphatic carbocycles. The highest BCUT2D eigenvalue weighted by Crippen LogP contribution is 2.28. The summed E-state index contributed by atoms with van der Waals surface area (Å²) in [5.41, 5.74) is 7.19. The molecule has 3 N–H and O–H groups in total. The van der Waals surface area contributed by atoms with Crippen molar-refractivity contribution in [2.45, 2.75) is 0 Å². The minimum Gasteiger partial charge on any atom is -0.381 e. The maximum Gasteiger partial charge on any atom is 0.167 e. The largest absolute Gasteiger partial charge is 0.381 e. The highest BCUT2D eigenvalue weighted by Gasteiger charge is 2.13. The van der Waals surface area contributed by atoms with Crippen LogP contribution < -0.4 is 11.1 Å². The number of aliphatic imine (C=N–C) groups is 1. The first kappa shape index (κ1) is 7.58. The molecular formula is C9H7N3O. The van der Waals surface area contributed by atoms with Crippen LogP contribution in [0.5, 0.6) is 0 Å². The number of anilines is 1. The molecular weight excluding hydrogens is 166 g/mol. The van der Waals surface area contributed by atoms with E-state index in [1.807, 2.05) is 24.3 Å². The molecule has 0 spiro atoms. The SMILES string of the molecule is NC1=Nc2ccccc2NC1=C=O. The minimum absolute atomic E-state index is 0.175. The summed E-state index contributed by atoms with van der Waals surface area (Å²) >= 11 is 0. The second-order valence-electron chi connectivity index (χ2n) is 2.62. The summed E-state index contributed by atoms with van der Waals surface area (Å²) in [7, 11) is 0. The van der Waals surface area contributed by atoms with E-state index in [9.17, 15) is 4.79 Å². The number of amidine groups is 1. The molecule has 4 nitrogen and oxygen atoms in total. The van der Waals surface area contributed by atoms with Gasteiger partial charge in [-0.2, -0.15) is 0 Å². The van der Waals surface area contributed by atoms with Crippen molar-refractivity contribution in [2.24, 2.45) is 10.7 Å². The van der Waals surface area contributed by atoms with Crippen LogP contribution in [0.25, 0.3) is 0 Å². The van der Waals surface area contributed by atoms with Gasteiger partial charge >= 0.3 is 0 Å². The van der Waals surface area contributed by atoms with Crippen molar-refractivity contribution < 1.29 is 4.79 Å². The molecule has 64 valence electrons. The summed E-state index contributed by atoms with van der Waals surface area (Å²) in [6, 6.07) is 7.34. The summed E-state index contributed by atoms with van der Waals surface area (Å²) in [6.07, 6.45) is 0. The maximum atomic E-state index is 10.4. The molecule has 0 atom stereocenters. The molecule has 0 aromatic heterocycles. The van der Waals surface area contributed by atoms with Gasteiger partial charge < -0.3 is 11.1 Å². The van der Waals surface area contributed by atoms with E-state index in [0.717, 1.165) is 11.4 Å². The Morgan fingerprint density at radius 3 is 2.92 bits per heavy atom. The Balaban J connectivity index is 2.59. The van der Waals surface area contributed by atoms with Gasteiger partial charge in [-0.15, -0.1) is 0 Å². The van der Waals surface area contributed by atoms with Crippen molar-refractivity contribution >= 4 is 23.2 Å². The standard InChI is InChI=1S/C9H7N3O/c10-9-8(5-13)11-6-3-1-2-4-7(6)12-9/h1-4,11H,(H2,10,12). The molecule has 1 heterocycles. The lowest BCUT2D eigenvalue weighted by Crippen LogP contribution is -2.23. The molecule has 0 bridgehead atoms. The van der Waals surface area contributed by atoms with Gasteiger partial charge in [0.25, 0.3) is 0 Å². The second kappa shape index (κ2) is 2.77. The first-order chi connectivity index (χ1) is 6.31. The van der Waals surface area contributed by atoms with E-state index < -0.39 is 0 Å². The molecule has 2 rings (SSSR count). The number of nitrogens with zero attached hydrogens (tertiary/aromatic N) is 1. The normalized spacial score (nSPS) is 13.8. The highest BCUT2D eigenvalue weighted by molar-refractivity contribution is 6.10. The van der Waals surface area contributed by atoms with E-state index in [2.05, 4.69) is 10.3 Å². The molecule has 0 radical (unpaired) electrons. The minimum atomic E-state index is 0.175. The van der Waals surface area contributed by atoms with Crippen molar-refractivity contribution in [3.05, 3.63) is 30.0 Å². The Morgan fingerprint density at radius 2 is 2.15 bits per heavy atom. The molecule has 1 aliphatic rings. The summed E-state index contributed by atoms with van der Waals surface area (Å²) in [4.78, 5) is 14.4. The van der Waals surface area contributed by atoms with Gasteiger partial charge in [-0.1, -0.05) is 12.1 Å². The molecule has 0 unspecified atom stereocenters. The van der Waals surface area contributed by atoms with Crippen LogP contribution in [0.4, 0.5) is 11.4 Å². The lowest BCUT2D eigenvalue weighted by atomic mass is 10.2. The molecule has 0 amide bonds. The van der Waals surface area contributed by atoms with Crippen LogP contribution in [0.3, 0.4) is 0 Å². The van der Waals surface area contributed by atoms with Gasteiger partial charge in [0.05, 0.1) is 11.4 Å². The number of nitrogens with one attached hydrogen (secondary N) is 1. The number of benzene rings is 1. The van der Waals surface area contributed by atoms with Gasteiger partial charge in [-0.25, -0.2) is 9.79 Å². The summed E-state index contributed by atoms with van der Waals surface area (Å²) < 4.78 is 0. The maximum absolute atomic E-state index is 10.4. The Kier molecular flexibility index (Phi) is 1.61. The van der Waals surface area contributed by atoms with Crippen LogP contribution in [-0.4, -0.2) is 11.8 Å². The van der Waals surface area contributed by atoms with Crippen LogP contribution in [0.15, 0.2) is 35.0 Å².